The lowest BCUT2D eigenvalue weighted by Gasteiger charge is -2.36. The summed E-state index contributed by atoms with van der Waals surface area (Å²) in [6.45, 7) is 1.72. The van der Waals surface area contributed by atoms with Crippen LogP contribution in [0.5, 0.6) is 0 Å². The van der Waals surface area contributed by atoms with Gasteiger partial charge in [0.1, 0.15) is 6.04 Å². The lowest BCUT2D eigenvalue weighted by atomic mass is 9.88. The molecule has 3 aliphatic heterocycles. The molecule has 0 aliphatic carbocycles. The van der Waals surface area contributed by atoms with E-state index in [2.05, 4.69) is 0 Å². The average molecular weight is 506 g/mol. The van der Waals surface area contributed by atoms with Gasteiger partial charge in [-0.05, 0) is 42.0 Å². The van der Waals surface area contributed by atoms with E-state index in [-0.39, 0.29) is 12.3 Å². The molecule has 0 radical (unpaired) electrons. The van der Waals surface area contributed by atoms with Crippen LogP contribution in [0.15, 0.2) is 66.7 Å². The van der Waals surface area contributed by atoms with Gasteiger partial charge in [0.2, 0.25) is 11.8 Å². The van der Waals surface area contributed by atoms with Gasteiger partial charge in [-0.25, -0.2) is 9.69 Å². The van der Waals surface area contributed by atoms with Crippen molar-refractivity contribution in [1.29, 1.82) is 0 Å². The summed E-state index contributed by atoms with van der Waals surface area (Å²) in [5.41, 5.74) is 0.423. The van der Waals surface area contributed by atoms with Gasteiger partial charge in [0.25, 0.3) is 0 Å². The minimum absolute atomic E-state index is 0.0745. The topological polar surface area (TPSA) is 66.9 Å². The van der Waals surface area contributed by atoms with E-state index in [9.17, 15) is 27.6 Å². The molecule has 0 unspecified atom stereocenters. The van der Waals surface area contributed by atoms with E-state index >= 15 is 0 Å². The Labute approximate surface area is 209 Å². The monoisotopic (exact) mass is 506 g/mol. The van der Waals surface area contributed by atoms with Gasteiger partial charge in [0.05, 0.1) is 35.7 Å². The predicted octanol–water partition coefficient (Wildman–Crippen LogP) is 4.81. The lowest BCUT2D eigenvalue weighted by molar-refractivity contribution is -0.147. The molecule has 2 saturated heterocycles. The van der Waals surface area contributed by atoms with Crippen molar-refractivity contribution >= 4 is 46.0 Å². The van der Waals surface area contributed by atoms with Crippen molar-refractivity contribution in [3.8, 4) is 0 Å². The molecule has 3 aromatic carbocycles. The maximum Gasteiger partial charge on any atom is 0.416 e. The number of alkyl halides is 3. The van der Waals surface area contributed by atoms with Crippen molar-refractivity contribution in [2.75, 3.05) is 16.4 Å². The molecule has 3 aliphatic rings. The van der Waals surface area contributed by atoms with Crippen LogP contribution in [0.4, 0.5) is 24.5 Å². The Balaban J connectivity index is 1.47. The van der Waals surface area contributed by atoms with Crippen LogP contribution in [0.2, 0.25) is 0 Å². The minimum atomic E-state index is -4.64. The van der Waals surface area contributed by atoms with Crippen LogP contribution in [0.3, 0.4) is 0 Å². The van der Waals surface area contributed by atoms with E-state index in [4.69, 9.17) is 4.74 Å². The van der Waals surface area contributed by atoms with Gasteiger partial charge in [-0.3, -0.25) is 9.59 Å². The molecule has 3 heterocycles. The smallest absolute Gasteiger partial charge is 0.416 e. The second-order valence-corrected chi connectivity index (χ2v) is 9.28. The number of amides is 2. The number of esters is 1. The maximum atomic E-state index is 13.7. The molecule has 0 N–H and O–H groups in total. The Morgan fingerprint density at radius 3 is 2.49 bits per heavy atom. The molecule has 6 rings (SSSR count). The van der Waals surface area contributed by atoms with Gasteiger partial charge in [0.15, 0.2) is 0 Å². The summed E-state index contributed by atoms with van der Waals surface area (Å²) in [6, 6.07) is 13.9. The third kappa shape index (κ3) is 3.37. The lowest BCUT2D eigenvalue weighted by Crippen LogP contribution is -2.49. The first-order valence-corrected chi connectivity index (χ1v) is 11.9. The fraction of sp³-hybridized carbons (Fsp3) is 0.250. The second-order valence-electron chi connectivity index (χ2n) is 9.28. The number of fused-ring (bicyclic) bond motifs is 7. The molecule has 0 saturated carbocycles. The van der Waals surface area contributed by atoms with Crippen molar-refractivity contribution in [2.45, 2.75) is 25.2 Å². The number of imide groups is 1. The Bertz CT molecular complexity index is 1500. The van der Waals surface area contributed by atoms with E-state index in [0.717, 1.165) is 39.4 Å². The number of nitrogens with zero attached hydrogens (tertiary/aromatic N) is 2. The van der Waals surface area contributed by atoms with Crippen LogP contribution in [0.25, 0.3) is 16.8 Å². The molecule has 4 atom stereocenters. The highest BCUT2D eigenvalue weighted by Crippen LogP contribution is 2.50. The molecule has 0 bridgehead atoms. The highest BCUT2D eigenvalue weighted by Gasteiger charge is 2.65. The van der Waals surface area contributed by atoms with E-state index in [0.29, 0.717) is 5.69 Å². The Hall–Kier alpha value is -4.14. The largest absolute Gasteiger partial charge is 0.464 e. The molecule has 188 valence electrons. The zero-order chi connectivity index (χ0) is 26.1. The van der Waals surface area contributed by atoms with Crippen LogP contribution < -0.4 is 9.80 Å². The van der Waals surface area contributed by atoms with Crippen molar-refractivity contribution in [3.63, 3.8) is 0 Å². The standard InChI is InChI=1S/C28H21F3N2O4/c1-2-37-27(36)24-23-22(25(34)32(26(23)35)17-8-5-7-16(14-17)28(29,30)31)21-13-11-19-18-9-4-3-6-15(18)10-12-20(19)33(21)24/h3-14,21-24H,2H2,1H3/t21-,22-,23-,24+/m1/s1. The van der Waals surface area contributed by atoms with Crippen molar-refractivity contribution in [3.05, 3.63) is 77.9 Å². The fourth-order valence-corrected chi connectivity index (χ4v) is 5.90. The van der Waals surface area contributed by atoms with E-state index < -0.39 is 53.4 Å². The number of carbonyl (C=O) groups is 3. The molecular weight excluding hydrogens is 485 g/mol. The zero-order valence-corrected chi connectivity index (χ0v) is 19.6. The first kappa shape index (κ1) is 23.3. The Morgan fingerprint density at radius 2 is 1.73 bits per heavy atom. The first-order valence-electron chi connectivity index (χ1n) is 11.9. The van der Waals surface area contributed by atoms with Crippen LogP contribution in [0, 0.1) is 11.8 Å². The van der Waals surface area contributed by atoms with Gasteiger partial charge in [-0.2, -0.15) is 13.2 Å². The highest BCUT2D eigenvalue weighted by molar-refractivity contribution is 6.24. The van der Waals surface area contributed by atoms with E-state index in [1.807, 2.05) is 42.5 Å². The molecule has 2 fully saturated rings. The third-order valence-electron chi connectivity index (χ3n) is 7.37. The van der Waals surface area contributed by atoms with Crippen LogP contribution in [-0.4, -0.2) is 36.5 Å². The third-order valence-corrected chi connectivity index (χ3v) is 7.37. The zero-order valence-electron chi connectivity index (χ0n) is 19.6. The molecule has 2 amide bonds. The van der Waals surface area contributed by atoms with Crippen molar-refractivity contribution in [1.82, 2.24) is 0 Å². The van der Waals surface area contributed by atoms with E-state index in [1.165, 1.54) is 6.07 Å². The summed E-state index contributed by atoms with van der Waals surface area (Å²) in [5, 5.41) is 1.96. The summed E-state index contributed by atoms with van der Waals surface area (Å²) in [7, 11) is 0. The number of anilines is 2. The van der Waals surface area contributed by atoms with Gasteiger partial charge in [-0.15, -0.1) is 0 Å². The Kier molecular flexibility index (Phi) is 5.15. The number of ether oxygens (including phenoxy) is 1. The number of halogens is 3. The van der Waals surface area contributed by atoms with Gasteiger partial charge >= 0.3 is 12.1 Å². The van der Waals surface area contributed by atoms with E-state index in [1.54, 1.807) is 17.9 Å². The van der Waals surface area contributed by atoms with Crippen molar-refractivity contribution in [2.24, 2.45) is 11.8 Å². The summed E-state index contributed by atoms with van der Waals surface area (Å²) >= 11 is 0. The molecule has 37 heavy (non-hydrogen) atoms. The second kappa shape index (κ2) is 8.19. The van der Waals surface area contributed by atoms with Crippen LogP contribution >= 0.6 is 0 Å². The molecule has 0 aromatic heterocycles. The molecule has 9 heteroatoms. The summed E-state index contributed by atoms with van der Waals surface area (Å²) in [4.78, 5) is 43.2. The quantitative estimate of drug-likeness (QED) is 0.377. The van der Waals surface area contributed by atoms with Crippen molar-refractivity contribution < 1.29 is 32.3 Å². The number of hydrogen-bond acceptors (Lipinski definition) is 5. The number of benzene rings is 3. The summed E-state index contributed by atoms with van der Waals surface area (Å²) in [5.74, 6) is -4.05. The molecule has 3 aromatic rings. The number of rotatable bonds is 3. The molecular formula is C28H21F3N2O4. The van der Waals surface area contributed by atoms with Gasteiger partial charge in [-0.1, -0.05) is 48.6 Å². The number of carbonyl (C=O) groups excluding carboxylic acids is 3. The Morgan fingerprint density at radius 1 is 0.973 bits per heavy atom. The average Bonchev–Trinajstić information content (AvgIpc) is 3.36. The molecule has 6 nitrogen and oxygen atoms in total. The molecule has 0 spiro atoms. The normalized spacial score (nSPS) is 24.3. The summed E-state index contributed by atoms with van der Waals surface area (Å²) in [6.07, 6.45) is -0.957. The van der Waals surface area contributed by atoms with Crippen LogP contribution in [0.1, 0.15) is 18.1 Å². The van der Waals surface area contributed by atoms with Gasteiger partial charge in [0, 0.05) is 11.3 Å². The fourth-order valence-electron chi connectivity index (χ4n) is 5.90. The van der Waals surface area contributed by atoms with Gasteiger partial charge < -0.3 is 9.64 Å². The SMILES string of the molecule is CCOC(=O)[C@@H]1[C@@H]2C(=O)N(c3cccc(C(F)(F)F)c3)C(=O)[C@@H]2[C@H]2C=Cc3c(ccc4ccccc34)N21. The van der Waals surface area contributed by atoms with Crippen LogP contribution in [-0.2, 0) is 25.3 Å². The minimum Gasteiger partial charge on any atom is -0.464 e. The highest BCUT2D eigenvalue weighted by atomic mass is 19.4. The first-order chi connectivity index (χ1) is 17.7. The maximum absolute atomic E-state index is 13.7. The predicted molar refractivity (Wildman–Crippen MR) is 131 cm³/mol. The number of hydrogen-bond donors (Lipinski definition) is 0. The summed E-state index contributed by atoms with van der Waals surface area (Å²) < 4.78 is 45.4.